The molecule has 3 rings (SSSR count). The summed E-state index contributed by atoms with van der Waals surface area (Å²) >= 11 is 0. The van der Waals surface area contributed by atoms with Crippen LogP contribution >= 0.6 is 0 Å². The summed E-state index contributed by atoms with van der Waals surface area (Å²) in [6.07, 6.45) is 7.62. The molecule has 22 heavy (non-hydrogen) atoms. The number of hydrogen-bond acceptors (Lipinski definition) is 4. The van der Waals surface area contributed by atoms with E-state index >= 15 is 0 Å². The number of aromatic nitrogens is 2. The molecular weight excluding hydrogens is 280 g/mol. The second-order valence-corrected chi connectivity index (χ2v) is 6.42. The van der Waals surface area contributed by atoms with Crippen molar-refractivity contribution in [2.45, 2.75) is 57.0 Å². The fourth-order valence-corrected chi connectivity index (χ4v) is 3.05. The third-order valence-corrected chi connectivity index (χ3v) is 4.59. The maximum absolute atomic E-state index is 11.8. The van der Waals surface area contributed by atoms with Gasteiger partial charge in [0.2, 0.25) is 0 Å². The summed E-state index contributed by atoms with van der Waals surface area (Å²) in [5, 5.41) is 23.6. The number of carbonyl (C=O) groups is 1. The Hall–Kier alpha value is -1.69. The minimum Gasteiger partial charge on any atom is -0.391 e. The van der Waals surface area contributed by atoms with Crippen molar-refractivity contribution in [1.82, 2.24) is 15.5 Å². The van der Waals surface area contributed by atoms with Gasteiger partial charge >= 0.3 is 6.03 Å². The summed E-state index contributed by atoms with van der Waals surface area (Å²) in [4.78, 5) is 11.8. The molecule has 0 radical (unpaired) electrons. The van der Waals surface area contributed by atoms with Gasteiger partial charge in [0, 0.05) is 12.5 Å². The van der Waals surface area contributed by atoms with E-state index in [1.807, 2.05) is 6.07 Å². The average molecular weight is 304 g/mol. The molecule has 1 unspecified atom stereocenters. The van der Waals surface area contributed by atoms with Crippen LogP contribution in [-0.4, -0.2) is 34.0 Å². The van der Waals surface area contributed by atoms with Gasteiger partial charge in [-0.3, -0.25) is 5.32 Å². The van der Waals surface area contributed by atoms with E-state index in [-0.39, 0.29) is 12.6 Å². The fraction of sp³-hybridized carbons (Fsp3) is 0.688. The number of nitrogens with one attached hydrogen (secondary N) is 2. The lowest BCUT2D eigenvalue weighted by Gasteiger charge is -2.26. The van der Waals surface area contributed by atoms with E-state index in [1.165, 1.54) is 32.1 Å². The van der Waals surface area contributed by atoms with Crippen molar-refractivity contribution in [2.75, 3.05) is 11.9 Å². The highest BCUT2D eigenvalue weighted by Gasteiger charge is 2.25. The van der Waals surface area contributed by atoms with Crippen molar-refractivity contribution >= 4 is 11.8 Å². The van der Waals surface area contributed by atoms with Crippen LogP contribution in [0.4, 0.5) is 10.6 Å². The zero-order valence-electron chi connectivity index (χ0n) is 12.8. The van der Waals surface area contributed by atoms with Crippen molar-refractivity contribution in [2.24, 2.45) is 5.92 Å². The van der Waals surface area contributed by atoms with Crippen molar-refractivity contribution < 1.29 is 9.90 Å². The summed E-state index contributed by atoms with van der Waals surface area (Å²) in [5.41, 5.74) is 0.999. The highest BCUT2D eigenvalue weighted by molar-refractivity contribution is 5.88. The first kappa shape index (κ1) is 15.2. The molecule has 3 N–H and O–H groups in total. The van der Waals surface area contributed by atoms with Crippen molar-refractivity contribution in [3.63, 3.8) is 0 Å². The van der Waals surface area contributed by atoms with Gasteiger partial charge in [0.1, 0.15) is 0 Å². The van der Waals surface area contributed by atoms with Gasteiger partial charge in [-0.1, -0.05) is 19.3 Å². The van der Waals surface area contributed by atoms with Crippen LogP contribution in [0.15, 0.2) is 12.1 Å². The van der Waals surface area contributed by atoms with Crippen LogP contribution in [0.5, 0.6) is 0 Å². The Morgan fingerprint density at radius 1 is 1.18 bits per heavy atom. The fourth-order valence-electron chi connectivity index (χ4n) is 3.05. The Balaban J connectivity index is 1.41. The van der Waals surface area contributed by atoms with Crippen LogP contribution < -0.4 is 10.6 Å². The van der Waals surface area contributed by atoms with Gasteiger partial charge < -0.3 is 10.4 Å². The van der Waals surface area contributed by atoms with E-state index in [0.29, 0.717) is 17.7 Å². The summed E-state index contributed by atoms with van der Waals surface area (Å²) < 4.78 is 0. The molecule has 6 nitrogen and oxygen atoms in total. The van der Waals surface area contributed by atoms with Crippen LogP contribution in [0.2, 0.25) is 0 Å². The Morgan fingerprint density at radius 3 is 2.59 bits per heavy atom. The number of aliphatic hydroxyl groups excluding tert-OH is 1. The van der Waals surface area contributed by atoms with E-state index < -0.39 is 6.10 Å². The molecule has 120 valence electrons. The molecule has 2 amide bonds. The Kier molecular flexibility index (Phi) is 4.87. The predicted molar refractivity (Wildman–Crippen MR) is 83.6 cm³/mol. The molecule has 0 bridgehead atoms. The molecule has 1 heterocycles. The summed E-state index contributed by atoms with van der Waals surface area (Å²) in [6.45, 7) is 0.282. The van der Waals surface area contributed by atoms with Crippen LogP contribution in [-0.2, 0) is 0 Å². The maximum atomic E-state index is 11.8. The average Bonchev–Trinajstić information content (AvgIpc) is 3.39. The molecular formula is C16H24N4O2. The van der Waals surface area contributed by atoms with Crippen molar-refractivity contribution in [1.29, 1.82) is 0 Å². The number of rotatable bonds is 5. The highest BCUT2D eigenvalue weighted by atomic mass is 16.3. The molecule has 6 heteroatoms. The number of urea groups is 1. The Bertz CT molecular complexity index is 495. The van der Waals surface area contributed by atoms with Crippen molar-refractivity contribution in [3.05, 3.63) is 17.8 Å². The molecule has 0 spiro atoms. The van der Waals surface area contributed by atoms with Crippen LogP contribution in [0.25, 0.3) is 0 Å². The standard InChI is InChI=1S/C16H24N4O2/c21-14(12-4-2-1-3-5-12)10-17-16(22)18-15-9-8-13(19-20-15)11-6-7-11/h8-9,11-12,14,21H,1-7,10H2,(H2,17,18,20,22). The lowest BCUT2D eigenvalue weighted by Crippen LogP contribution is -2.39. The minimum atomic E-state index is -0.464. The molecule has 1 aromatic heterocycles. The van der Waals surface area contributed by atoms with Gasteiger partial charge in [-0.25, -0.2) is 4.79 Å². The van der Waals surface area contributed by atoms with E-state index in [2.05, 4.69) is 20.8 Å². The van der Waals surface area contributed by atoms with Crippen LogP contribution in [0.3, 0.4) is 0 Å². The monoisotopic (exact) mass is 304 g/mol. The second kappa shape index (κ2) is 7.05. The quantitative estimate of drug-likeness (QED) is 0.779. The molecule has 2 fully saturated rings. The van der Waals surface area contributed by atoms with Gasteiger partial charge in [0.25, 0.3) is 0 Å². The van der Waals surface area contributed by atoms with E-state index in [4.69, 9.17) is 0 Å². The molecule has 2 saturated carbocycles. The lowest BCUT2D eigenvalue weighted by molar-refractivity contribution is 0.0863. The number of aliphatic hydroxyl groups is 1. The normalized spacial score (nSPS) is 20.4. The first-order valence-corrected chi connectivity index (χ1v) is 8.29. The Labute approximate surface area is 130 Å². The zero-order chi connectivity index (χ0) is 15.4. The smallest absolute Gasteiger partial charge is 0.320 e. The second-order valence-electron chi connectivity index (χ2n) is 6.42. The summed E-state index contributed by atoms with van der Waals surface area (Å²) in [6, 6.07) is 3.35. The number of anilines is 1. The topological polar surface area (TPSA) is 87.1 Å². The van der Waals surface area contributed by atoms with Gasteiger partial charge in [0.15, 0.2) is 5.82 Å². The maximum Gasteiger partial charge on any atom is 0.320 e. The Morgan fingerprint density at radius 2 is 1.95 bits per heavy atom. The first-order chi connectivity index (χ1) is 10.7. The van der Waals surface area contributed by atoms with Gasteiger partial charge in [0.05, 0.1) is 11.8 Å². The largest absolute Gasteiger partial charge is 0.391 e. The SMILES string of the molecule is O=C(NCC(O)C1CCCCC1)Nc1ccc(C2CC2)nn1. The summed E-state index contributed by atoms with van der Waals surface area (Å²) in [5.74, 6) is 1.31. The molecule has 0 aliphatic heterocycles. The predicted octanol–water partition coefficient (Wildman–Crippen LogP) is 2.42. The van der Waals surface area contributed by atoms with E-state index in [1.54, 1.807) is 6.07 Å². The third kappa shape index (κ3) is 4.16. The van der Waals surface area contributed by atoms with E-state index in [0.717, 1.165) is 18.5 Å². The van der Waals surface area contributed by atoms with Gasteiger partial charge in [-0.2, -0.15) is 5.10 Å². The van der Waals surface area contributed by atoms with Gasteiger partial charge in [-0.05, 0) is 43.7 Å². The number of amides is 2. The van der Waals surface area contributed by atoms with Crippen LogP contribution in [0, 0.1) is 5.92 Å². The summed E-state index contributed by atoms with van der Waals surface area (Å²) in [7, 11) is 0. The van der Waals surface area contributed by atoms with Gasteiger partial charge in [-0.15, -0.1) is 5.10 Å². The number of hydrogen-bond donors (Lipinski definition) is 3. The molecule has 0 saturated heterocycles. The lowest BCUT2D eigenvalue weighted by atomic mass is 9.85. The van der Waals surface area contributed by atoms with Crippen LogP contribution in [0.1, 0.15) is 56.6 Å². The highest BCUT2D eigenvalue weighted by Crippen LogP contribution is 2.38. The molecule has 0 aromatic carbocycles. The molecule has 1 atom stereocenters. The molecule has 1 aromatic rings. The first-order valence-electron chi connectivity index (χ1n) is 8.29. The molecule has 2 aliphatic carbocycles. The third-order valence-electron chi connectivity index (χ3n) is 4.59. The number of carbonyl (C=O) groups excluding carboxylic acids is 1. The van der Waals surface area contributed by atoms with Crippen molar-refractivity contribution in [3.8, 4) is 0 Å². The van der Waals surface area contributed by atoms with E-state index in [9.17, 15) is 9.90 Å². The molecule has 2 aliphatic rings. The minimum absolute atomic E-state index is 0.282. The number of nitrogens with zero attached hydrogens (tertiary/aromatic N) is 2. The zero-order valence-corrected chi connectivity index (χ0v) is 12.8.